The van der Waals surface area contributed by atoms with Gasteiger partial charge in [0.2, 0.25) is 5.91 Å². The molecule has 11 heteroatoms. The van der Waals surface area contributed by atoms with Gasteiger partial charge in [-0.2, -0.15) is 0 Å². The maximum atomic E-state index is 12.7. The van der Waals surface area contributed by atoms with Crippen molar-refractivity contribution in [2.75, 3.05) is 13.2 Å². The predicted molar refractivity (Wildman–Crippen MR) is 122 cm³/mol. The molecule has 1 heterocycles. The first-order valence-electron chi connectivity index (χ1n) is 11.2. The lowest BCUT2D eigenvalue weighted by Crippen LogP contribution is -2.64. The van der Waals surface area contributed by atoms with Crippen LogP contribution in [0.15, 0.2) is 0 Å². The van der Waals surface area contributed by atoms with E-state index in [9.17, 15) is 24.9 Å². The number of hydrogen-bond donors (Lipinski definition) is 7. The Morgan fingerprint density at radius 3 is 2.03 bits per heavy atom. The first-order chi connectivity index (χ1) is 14.8. The van der Waals surface area contributed by atoms with E-state index in [2.05, 4.69) is 10.7 Å². The summed E-state index contributed by atoms with van der Waals surface area (Å²) >= 11 is 0. The zero-order chi connectivity index (χ0) is 26.0. The highest BCUT2D eigenvalue weighted by Crippen LogP contribution is 2.48. The summed E-state index contributed by atoms with van der Waals surface area (Å²) in [5, 5.41) is 32.5. The molecule has 0 spiro atoms. The van der Waals surface area contributed by atoms with Crippen LogP contribution in [0.5, 0.6) is 0 Å². The number of carbonyl (C=O) groups excluding carboxylic acids is 2. The van der Waals surface area contributed by atoms with Gasteiger partial charge < -0.3 is 35.8 Å². The Hall–Kier alpha value is -1.34. The van der Waals surface area contributed by atoms with Crippen molar-refractivity contribution in [2.24, 2.45) is 27.8 Å². The average molecular weight is 477 g/mol. The Morgan fingerprint density at radius 2 is 1.52 bits per heavy atom. The van der Waals surface area contributed by atoms with Gasteiger partial charge in [-0.15, -0.1) is 0 Å². The highest BCUT2D eigenvalue weighted by Gasteiger charge is 2.50. The Kier molecular flexibility index (Phi) is 9.46. The molecule has 0 aromatic carbocycles. The number of aliphatic hydroxyl groups excluding tert-OH is 3. The normalized spacial score (nSPS) is 27.2. The molecule has 1 saturated heterocycles. The first-order valence-corrected chi connectivity index (χ1v) is 11.2. The number of hydrazine groups is 1. The molecule has 0 saturated carbocycles. The Labute approximate surface area is 196 Å². The van der Waals surface area contributed by atoms with Crippen molar-refractivity contribution in [1.29, 1.82) is 0 Å². The average Bonchev–Trinajstić information content (AvgIpc) is 2.71. The van der Waals surface area contributed by atoms with E-state index in [0.717, 1.165) is 0 Å². The fraction of sp³-hybridized carbons (Fsp3) is 0.909. The Morgan fingerprint density at radius 1 is 0.970 bits per heavy atom. The van der Waals surface area contributed by atoms with Gasteiger partial charge in [-0.1, -0.05) is 41.5 Å². The molecule has 1 fully saturated rings. The molecule has 1 aliphatic rings. The second kappa shape index (κ2) is 10.5. The molecular formula is C22H44N4O7. The van der Waals surface area contributed by atoms with Gasteiger partial charge in [-0.25, -0.2) is 5.84 Å². The SMILES string of the molecule is CC(C)(CCOC(C)(C)C(C)(C)C(C)(C)CNC(=O)C1OC(N)C(O)C(O)C1O)C(=O)NN. The summed E-state index contributed by atoms with van der Waals surface area (Å²) in [7, 11) is 0. The van der Waals surface area contributed by atoms with Gasteiger partial charge in [0.1, 0.15) is 24.5 Å². The third-order valence-corrected chi connectivity index (χ3v) is 7.75. The van der Waals surface area contributed by atoms with E-state index in [1.54, 1.807) is 13.8 Å². The standard InChI is InChI=1S/C22H44N4O7/c1-19(2,18(31)26-24)9-10-32-22(7,8)21(5,6)20(3,4)11-25-17(30)15-13(28)12(27)14(29)16(23)33-15/h12-16,27-29H,9-11,23-24H2,1-8H3,(H,25,30)(H,26,31). The Bertz CT molecular complexity index is 696. The topological polar surface area (TPSA) is 189 Å². The minimum atomic E-state index is -1.61. The lowest BCUT2D eigenvalue weighted by Gasteiger charge is -2.52. The predicted octanol–water partition coefficient (Wildman–Crippen LogP) is -0.877. The van der Waals surface area contributed by atoms with Crippen LogP contribution in [0.3, 0.4) is 0 Å². The molecule has 33 heavy (non-hydrogen) atoms. The number of nitrogens with one attached hydrogen (secondary N) is 2. The number of carbonyl (C=O) groups is 2. The van der Waals surface area contributed by atoms with E-state index < -0.39 is 58.4 Å². The molecule has 0 radical (unpaired) electrons. The second-order valence-corrected chi connectivity index (χ2v) is 11.2. The second-order valence-electron chi connectivity index (χ2n) is 11.2. The van der Waals surface area contributed by atoms with Crippen molar-refractivity contribution >= 4 is 11.8 Å². The summed E-state index contributed by atoms with van der Waals surface area (Å²) < 4.78 is 11.4. The summed E-state index contributed by atoms with van der Waals surface area (Å²) in [6, 6.07) is 0. The van der Waals surface area contributed by atoms with Crippen LogP contribution in [0.25, 0.3) is 0 Å². The van der Waals surface area contributed by atoms with Crippen molar-refractivity contribution in [2.45, 2.75) is 98.1 Å². The number of hydrogen-bond acceptors (Lipinski definition) is 9. The molecule has 2 amide bonds. The molecule has 194 valence electrons. The van der Waals surface area contributed by atoms with Crippen LogP contribution >= 0.6 is 0 Å². The quantitative estimate of drug-likeness (QED) is 0.119. The number of aliphatic hydroxyl groups is 3. The Balaban J connectivity index is 2.80. The van der Waals surface area contributed by atoms with Gasteiger partial charge in [-0.05, 0) is 31.1 Å². The van der Waals surface area contributed by atoms with Gasteiger partial charge in [0.05, 0.1) is 5.60 Å². The van der Waals surface area contributed by atoms with Crippen LogP contribution in [0.1, 0.15) is 61.8 Å². The van der Waals surface area contributed by atoms with E-state index >= 15 is 0 Å². The van der Waals surface area contributed by atoms with Gasteiger partial charge in [-0.3, -0.25) is 15.0 Å². The van der Waals surface area contributed by atoms with Gasteiger partial charge >= 0.3 is 0 Å². The van der Waals surface area contributed by atoms with Gasteiger partial charge in [0.15, 0.2) is 6.10 Å². The molecule has 0 bridgehead atoms. The minimum Gasteiger partial charge on any atom is -0.387 e. The van der Waals surface area contributed by atoms with Crippen LogP contribution in [-0.2, 0) is 19.1 Å². The molecule has 0 aromatic rings. The summed E-state index contributed by atoms with van der Waals surface area (Å²) in [6.45, 7) is 16.1. The maximum absolute atomic E-state index is 12.7. The van der Waals surface area contributed by atoms with E-state index in [0.29, 0.717) is 13.0 Å². The molecule has 11 nitrogen and oxygen atoms in total. The third-order valence-electron chi connectivity index (χ3n) is 7.75. The fourth-order valence-corrected chi connectivity index (χ4v) is 3.62. The van der Waals surface area contributed by atoms with E-state index in [4.69, 9.17) is 21.1 Å². The van der Waals surface area contributed by atoms with Crippen molar-refractivity contribution in [3.05, 3.63) is 0 Å². The number of ether oxygens (including phenoxy) is 2. The van der Waals surface area contributed by atoms with E-state index in [1.165, 1.54) is 0 Å². The lowest BCUT2D eigenvalue weighted by molar-refractivity contribution is -0.219. The largest absolute Gasteiger partial charge is 0.387 e. The molecule has 5 atom stereocenters. The van der Waals surface area contributed by atoms with Crippen LogP contribution < -0.4 is 22.3 Å². The van der Waals surface area contributed by atoms with Crippen molar-refractivity contribution in [3.63, 3.8) is 0 Å². The van der Waals surface area contributed by atoms with Gasteiger partial charge in [0.25, 0.3) is 5.91 Å². The van der Waals surface area contributed by atoms with Gasteiger partial charge in [0, 0.05) is 18.6 Å². The van der Waals surface area contributed by atoms with E-state index in [-0.39, 0.29) is 12.5 Å². The zero-order valence-corrected chi connectivity index (χ0v) is 21.1. The summed E-state index contributed by atoms with van der Waals surface area (Å²) in [5.41, 5.74) is 5.50. The number of rotatable bonds is 10. The highest BCUT2D eigenvalue weighted by atomic mass is 16.5. The molecule has 1 aliphatic heterocycles. The molecule has 9 N–H and O–H groups in total. The zero-order valence-electron chi connectivity index (χ0n) is 21.1. The number of amides is 2. The highest BCUT2D eigenvalue weighted by molar-refractivity contribution is 5.82. The maximum Gasteiger partial charge on any atom is 0.252 e. The first kappa shape index (κ1) is 29.7. The fourth-order valence-electron chi connectivity index (χ4n) is 3.62. The summed E-state index contributed by atoms with van der Waals surface area (Å²) in [4.78, 5) is 24.6. The van der Waals surface area contributed by atoms with Crippen LogP contribution in [0, 0.1) is 16.2 Å². The summed E-state index contributed by atoms with van der Waals surface area (Å²) in [5.74, 6) is 4.35. The van der Waals surface area contributed by atoms with Crippen molar-refractivity contribution < 1.29 is 34.4 Å². The minimum absolute atomic E-state index is 0.215. The van der Waals surface area contributed by atoms with Crippen molar-refractivity contribution in [3.8, 4) is 0 Å². The van der Waals surface area contributed by atoms with Crippen molar-refractivity contribution in [1.82, 2.24) is 10.7 Å². The van der Waals surface area contributed by atoms with E-state index in [1.807, 2.05) is 41.5 Å². The number of nitrogens with two attached hydrogens (primary N) is 2. The smallest absolute Gasteiger partial charge is 0.252 e. The monoisotopic (exact) mass is 476 g/mol. The van der Waals surface area contributed by atoms with Crippen LogP contribution in [-0.4, -0.2) is 76.5 Å². The molecule has 0 aromatic heterocycles. The van der Waals surface area contributed by atoms with Crippen LogP contribution in [0.2, 0.25) is 0 Å². The van der Waals surface area contributed by atoms with Crippen LogP contribution in [0.4, 0.5) is 0 Å². The molecule has 1 rings (SSSR count). The summed E-state index contributed by atoms with van der Waals surface area (Å²) in [6.07, 6.45) is -6.91. The molecule has 5 unspecified atom stereocenters. The lowest BCUT2D eigenvalue weighted by atomic mass is 9.59. The third kappa shape index (κ3) is 6.41. The molecular weight excluding hydrogens is 432 g/mol. The molecule has 0 aliphatic carbocycles.